The van der Waals surface area contributed by atoms with Crippen molar-refractivity contribution in [3.05, 3.63) is 28.5 Å². The third-order valence-corrected chi connectivity index (χ3v) is 4.43. The van der Waals surface area contributed by atoms with Crippen molar-refractivity contribution in [3.63, 3.8) is 0 Å². The second-order valence-electron chi connectivity index (χ2n) is 5.53. The minimum atomic E-state index is -0.0762. The van der Waals surface area contributed by atoms with Gasteiger partial charge in [-0.25, -0.2) is 0 Å². The van der Waals surface area contributed by atoms with Gasteiger partial charge in [0, 0.05) is 24.7 Å². The zero-order valence-corrected chi connectivity index (χ0v) is 13.4. The van der Waals surface area contributed by atoms with Crippen LogP contribution in [0, 0.1) is 0 Å². The van der Waals surface area contributed by atoms with Crippen LogP contribution in [-0.2, 0) is 6.42 Å². The van der Waals surface area contributed by atoms with Gasteiger partial charge in [-0.2, -0.15) is 5.10 Å². The summed E-state index contributed by atoms with van der Waals surface area (Å²) in [5.41, 5.74) is 8.36. The summed E-state index contributed by atoms with van der Waals surface area (Å²) in [6, 6.07) is 2.40. The molecule has 0 aliphatic rings. The minimum absolute atomic E-state index is 0.0762. The van der Waals surface area contributed by atoms with E-state index in [1.54, 1.807) is 0 Å². The Morgan fingerprint density at radius 2 is 2.10 bits per heavy atom. The van der Waals surface area contributed by atoms with Crippen LogP contribution in [0.1, 0.15) is 68.4 Å². The highest BCUT2D eigenvalue weighted by Crippen LogP contribution is 2.26. The normalized spacial score (nSPS) is 14.7. The number of hydrogen-bond donors (Lipinski definition) is 1. The second kappa shape index (κ2) is 6.45. The van der Waals surface area contributed by atoms with E-state index in [4.69, 9.17) is 5.73 Å². The molecular formula is C14H23N5S. The lowest BCUT2D eigenvalue weighted by molar-refractivity contribution is 0.472. The number of nitrogens with two attached hydrogens (primary N) is 1. The predicted octanol–water partition coefficient (Wildman–Crippen LogP) is 3.07. The molecule has 20 heavy (non-hydrogen) atoms. The number of rotatable bonds is 6. The van der Waals surface area contributed by atoms with Crippen LogP contribution in [0.3, 0.4) is 0 Å². The number of hydrogen-bond acceptors (Lipinski definition) is 5. The summed E-state index contributed by atoms with van der Waals surface area (Å²) in [5, 5.41) is 8.79. The maximum absolute atomic E-state index is 6.31. The van der Waals surface area contributed by atoms with Gasteiger partial charge < -0.3 is 5.73 Å². The third-order valence-electron chi connectivity index (χ3n) is 3.56. The molecule has 2 heterocycles. The summed E-state index contributed by atoms with van der Waals surface area (Å²) in [5.74, 6) is 0.354. The Morgan fingerprint density at radius 1 is 1.35 bits per heavy atom. The molecule has 6 heteroatoms. The average Bonchev–Trinajstić information content (AvgIpc) is 3.06. The maximum Gasteiger partial charge on any atom is 0.0829 e. The van der Waals surface area contributed by atoms with E-state index >= 15 is 0 Å². The van der Waals surface area contributed by atoms with Gasteiger partial charge in [-0.1, -0.05) is 25.3 Å². The van der Waals surface area contributed by atoms with Crippen molar-refractivity contribution >= 4 is 11.5 Å². The lowest BCUT2D eigenvalue weighted by atomic mass is 10.0. The molecule has 5 nitrogen and oxygen atoms in total. The van der Waals surface area contributed by atoms with Gasteiger partial charge in [0.1, 0.15) is 0 Å². The molecule has 0 aliphatic carbocycles. The SMILES string of the molecule is CCC(C)n1ccc(CC(N)c2snnc2C(C)C)n1. The molecule has 0 spiro atoms. The fraction of sp³-hybridized carbons (Fsp3) is 0.643. The van der Waals surface area contributed by atoms with Crippen molar-refractivity contribution in [2.45, 2.75) is 58.5 Å². The maximum atomic E-state index is 6.31. The van der Waals surface area contributed by atoms with Crippen LogP contribution in [0.15, 0.2) is 12.3 Å². The van der Waals surface area contributed by atoms with Crippen LogP contribution in [0.2, 0.25) is 0 Å². The van der Waals surface area contributed by atoms with Crippen LogP contribution in [0.4, 0.5) is 0 Å². The molecule has 2 aromatic rings. The van der Waals surface area contributed by atoms with Crippen molar-refractivity contribution < 1.29 is 0 Å². The first-order chi connectivity index (χ1) is 9.52. The smallest absolute Gasteiger partial charge is 0.0829 e. The third kappa shape index (κ3) is 3.24. The van der Waals surface area contributed by atoms with E-state index in [2.05, 4.69) is 48.4 Å². The quantitative estimate of drug-likeness (QED) is 0.888. The first-order valence-corrected chi connectivity index (χ1v) is 7.92. The van der Waals surface area contributed by atoms with Gasteiger partial charge >= 0.3 is 0 Å². The number of nitrogens with zero attached hydrogens (tertiary/aromatic N) is 4. The topological polar surface area (TPSA) is 69.6 Å². The minimum Gasteiger partial charge on any atom is -0.323 e. The highest BCUT2D eigenvalue weighted by atomic mass is 32.1. The molecule has 2 unspecified atom stereocenters. The van der Waals surface area contributed by atoms with E-state index in [1.807, 2.05) is 10.9 Å². The highest BCUT2D eigenvalue weighted by Gasteiger charge is 2.19. The van der Waals surface area contributed by atoms with Crippen molar-refractivity contribution in [1.29, 1.82) is 0 Å². The van der Waals surface area contributed by atoms with E-state index in [1.165, 1.54) is 11.5 Å². The molecule has 0 amide bonds. The largest absolute Gasteiger partial charge is 0.323 e. The fourth-order valence-electron chi connectivity index (χ4n) is 2.10. The molecule has 2 atom stereocenters. The molecule has 110 valence electrons. The monoisotopic (exact) mass is 293 g/mol. The molecular weight excluding hydrogens is 270 g/mol. The van der Waals surface area contributed by atoms with Crippen LogP contribution in [0.25, 0.3) is 0 Å². The first-order valence-electron chi connectivity index (χ1n) is 7.14. The molecule has 0 saturated heterocycles. The van der Waals surface area contributed by atoms with Crippen LogP contribution >= 0.6 is 11.5 Å². The van der Waals surface area contributed by atoms with Crippen molar-refractivity contribution in [1.82, 2.24) is 19.4 Å². The zero-order valence-electron chi connectivity index (χ0n) is 12.6. The van der Waals surface area contributed by atoms with E-state index in [0.717, 1.165) is 29.1 Å². The van der Waals surface area contributed by atoms with Crippen molar-refractivity contribution in [2.75, 3.05) is 0 Å². The number of aromatic nitrogens is 4. The molecule has 0 bridgehead atoms. The summed E-state index contributed by atoms with van der Waals surface area (Å²) in [7, 11) is 0. The molecule has 0 aromatic carbocycles. The predicted molar refractivity (Wildman–Crippen MR) is 81.9 cm³/mol. The van der Waals surface area contributed by atoms with Gasteiger partial charge in [0.05, 0.1) is 16.3 Å². The van der Waals surface area contributed by atoms with E-state index in [-0.39, 0.29) is 6.04 Å². The van der Waals surface area contributed by atoms with E-state index < -0.39 is 0 Å². The Bertz CT molecular complexity index is 545. The Hall–Kier alpha value is -1.27. The van der Waals surface area contributed by atoms with Gasteiger partial charge in [-0.15, -0.1) is 5.10 Å². The molecule has 2 rings (SSSR count). The summed E-state index contributed by atoms with van der Waals surface area (Å²) in [6.45, 7) is 8.56. The summed E-state index contributed by atoms with van der Waals surface area (Å²) < 4.78 is 6.05. The van der Waals surface area contributed by atoms with Gasteiger partial charge in [0.25, 0.3) is 0 Å². The summed E-state index contributed by atoms with van der Waals surface area (Å²) >= 11 is 1.40. The Balaban J connectivity index is 2.09. The van der Waals surface area contributed by atoms with Gasteiger partial charge in [0.15, 0.2) is 0 Å². The van der Waals surface area contributed by atoms with Gasteiger partial charge in [-0.3, -0.25) is 4.68 Å². The van der Waals surface area contributed by atoms with Gasteiger partial charge in [0.2, 0.25) is 0 Å². The van der Waals surface area contributed by atoms with E-state index in [0.29, 0.717) is 12.0 Å². The van der Waals surface area contributed by atoms with Crippen LogP contribution < -0.4 is 5.73 Å². The molecule has 0 saturated carbocycles. The molecule has 2 aromatic heterocycles. The Labute approximate surface area is 124 Å². The molecule has 0 aliphatic heterocycles. The second-order valence-corrected chi connectivity index (χ2v) is 6.32. The van der Waals surface area contributed by atoms with Crippen LogP contribution in [0.5, 0.6) is 0 Å². The standard InChI is InChI=1S/C14H23N5S/c1-5-10(4)19-7-6-11(17-19)8-12(15)14-13(9(2)3)16-18-20-14/h6-7,9-10,12H,5,8,15H2,1-4H3. The zero-order chi connectivity index (χ0) is 14.7. The lowest BCUT2D eigenvalue weighted by Gasteiger charge is -2.11. The highest BCUT2D eigenvalue weighted by molar-refractivity contribution is 7.05. The van der Waals surface area contributed by atoms with E-state index in [9.17, 15) is 0 Å². The molecule has 2 N–H and O–H groups in total. The van der Waals surface area contributed by atoms with Gasteiger partial charge in [-0.05, 0) is 36.9 Å². The molecule has 0 fully saturated rings. The summed E-state index contributed by atoms with van der Waals surface area (Å²) in [6.07, 6.45) is 3.83. The summed E-state index contributed by atoms with van der Waals surface area (Å²) in [4.78, 5) is 1.08. The average molecular weight is 293 g/mol. The Morgan fingerprint density at radius 3 is 2.75 bits per heavy atom. The van der Waals surface area contributed by atoms with Crippen molar-refractivity contribution in [3.8, 4) is 0 Å². The van der Waals surface area contributed by atoms with Crippen molar-refractivity contribution in [2.24, 2.45) is 5.73 Å². The van der Waals surface area contributed by atoms with Crippen LogP contribution in [-0.4, -0.2) is 19.4 Å². The Kier molecular flexibility index (Phi) is 4.88. The molecule has 0 radical (unpaired) electrons. The first kappa shape index (κ1) is 15.1. The lowest BCUT2D eigenvalue weighted by Crippen LogP contribution is -2.15. The fourth-order valence-corrected chi connectivity index (χ4v) is 2.90.